The largest absolute Gasteiger partial charge is 0.379 e. The molecule has 0 bridgehead atoms. The number of rotatable bonds is 7. The van der Waals surface area contributed by atoms with Crippen LogP contribution in [0.25, 0.3) is 0 Å². The Kier molecular flexibility index (Phi) is 7.17. The van der Waals surface area contributed by atoms with E-state index in [1.165, 1.54) is 6.42 Å². The molecule has 1 heterocycles. The third-order valence-corrected chi connectivity index (χ3v) is 2.86. The van der Waals surface area contributed by atoms with Crippen LogP contribution >= 0.6 is 0 Å². The molecular formula is C12H24N2O2. The van der Waals surface area contributed by atoms with E-state index < -0.39 is 0 Å². The standard InChI is InChI=1S/C12H24N2O2/c1-2-3-4-5-12(15)13-6-7-14-8-10-16-11-9-14/h2-11H2,1H3,(H,13,15). The van der Waals surface area contributed by atoms with Crippen molar-refractivity contribution in [3.63, 3.8) is 0 Å². The summed E-state index contributed by atoms with van der Waals surface area (Å²) in [4.78, 5) is 13.7. The lowest BCUT2D eigenvalue weighted by molar-refractivity contribution is -0.121. The molecule has 1 saturated heterocycles. The van der Waals surface area contributed by atoms with E-state index in [0.29, 0.717) is 6.42 Å². The minimum Gasteiger partial charge on any atom is -0.379 e. The second kappa shape index (κ2) is 8.53. The van der Waals surface area contributed by atoms with E-state index >= 15 is 0 Å². The summed E-state index contributed by atoms with van der Waals surface area (Å²) in [6, 6.07) is 0. The summed E-state index contributed by atoms with van der Waals surface area (Å²) >= 11 is 0. The summed E-state index contributed by atoms with van der Waals surface area (Å²) in [5.74, 6) is 0.196. The Hall–Kier alpha value is -0.610. The number of nitrogens with zero attached hydrogens (tertiary/aromatic N) is 1. The van der Waals surface area contributed by atoms with Crippen LogP contribution in [0.5, 0.6) is 0 Å². The number of morpholine rings is 1. The lowest BCUT2D eigenvalue weighted by Crippen LogP contribution is -2.41. The van der Waals surface area contributed by atoms with E-state index in [1.54, 1.807) is 0 Å². The molecule has 0 aromatic heterocycles. The van der Waals surface area contributed by atoms with E-state index in [9.17, 15) is 4.79 Å². The molecular weight excluding hydrogens is 204 g/mol. The van der Waals surface area contributed by atoms with E-state index in [0.717, 1.165) is 52.2 Å². The Labute approximate surface area is 98.3 Å². The minimum absolute atomic E-state index is 0.196. The maximum absolute atomic E-state index is 11.4. The number of hydrogen-bond donors (Lipinski definition) is 1. The van der Waals surface area contributed by atoms with Crippen molar-refractivity contribution in [2.75, 3.05) is 39.4 Å². The molecule has 1 amide bonds. The average Bonchev–Trinajstić information content (AvgIpc) is 2.31. The number of unbranched alkanes of at least 4 members (excludes halogenated alkanes) is 2. The molecule has 0 aromatic carbocycles. The molecule has 0 aromatic rings. The maximum atomic E-state index is 11.4. The number of ether oxygens (including phenoxy) is 1. The van der Waals surface area contributed by atoms with Crippen LogP contribution in [0.4, 0.5) is 0 Å². The van der Waals surface area contributed by atoms with Crippen molar-refractivity contribution >= 4 is 5.91 Å². The monoisotopic (exact) mass is 228 g/mol. The highest BCUT2D eigenvalue weighted by Gasteiger charge is 2.09. The Morgan fingerprint density at radius 2 is 2.06 bits per heavy atom. The third kappa shape index (κ3) is 6.08. The summed E-state index contributed by atoms with van der Waals surface area (Å²) in [7, 11) is 0. The maximum Gasteiger partial charge on any atom is 0.220 e. The Morgan fingerprint density at radius 1 is 1.31 bits per heavy atom. The fraction of sp³-hybridized carbons (Fsp3) is 0.917. The molecule has 0 radical (unpaired) electrons. The van der Waals surface area contributed by atoms with Gasteiger partial charge in [-0.1, -0.05) is 19.8 Å². The van der Waals surface area contributed by atoms with Crippen LogP contribution in [0.3, 0.4) is 0 Å². The molecule has 0 unspecified atom stereocenters. The van der Waals surface area contributed by atoms with Gasteiger partial charge in [-0.05, 0) is 6.42 Å². The first-order chi connectivity index (χ1) is 7.83. The highest BCUT2D eigenvalue weighted by atomic mass is 16.5. The molecule has 1 aliphatic rings. The van der Waals surface area contributed by atoms with Gasteiger partial charge in [0.05, 0.1) is 13.2 Å². The first kappa shape index (κ1) is 13.5. The number of carbonyl (C=O) groups excluding carboxylic acids is 1. The van der Waals surface area contributed by atoms with Gasteiger partial charge in [-0.3, -0.25) is 9.69 Å². The molecule has 16 heavy (non-hydrogen) atoms. The normalized spacial score (nSPS) is 17.3. The average molecular weight is 228 g/mol. The third-order valence-electron chi connectivity index (χ3n) is 2.86. The van der Waals surface area contributed by atoms with Crippen LogP contribution in [0.2, 0.25) is 0 Å². The van der Waals surface area contributed by atoms with Gasteiger partial charge in [0.1, 0.15) is 0 Å². The van der Waals surface area contributed by atoms with Crippen molar-refractivity contribution in [3.05, 3.63) is 0 Å². The number of hydrogen-bond acceptors (Lipinski definition) is 3. The molecule has 1 N–H and O–H groups in total. The molecule has 1 fully saturated rings. The molecule has 4 heteroatoms. The van der Waals surface area contributed by atoms with Crippen molar-refractivity contribution < 1.29 is 9.53 Å². The van der Waals surface area contributed by atoms with Crippen molar-refractivity contribution in [3.8, 4) is 0 Å². The van der Waals surface area contributed by atoms with E-state index in [4.69, 9.17) is 4.74 Å². The van der Waals surface area contributed by atoms with Crippen LogP contribution in [-0.2, 0) is 9.53 Å². The van der Waals surface area contributed by atoms with Gasteiger partial charge in [0.2, 0.25) is 5.91 Å². The van der Waals surface area contributed by atoms with Gasteiger partial charge in [0, 0.05) is 32.6 Å². The minimum atomic E-state index is 0.196. The zero-order valence-electron chi connectivity index (χ0n) is 10.3. The highest BCUT2D eigenvalue weighted by Crippen LogP contribution is 1.98. The Morgan fingerprint density at radius 3 is 2.75 bits per heavy atom. The fourth-order valence-electron chi connectivity index (χ4n) is 1.80. The summed E-state index contributed by atoms with van der Waals surface area (Å²) in [5.41, 5.74) is 0. The van der Waals surface area contributed by atoms with Crippen molar-refractivity contribution in [1.82, 2.24) is 10.2 Å². The van der Waals surface area contributed by atoms with Crippen LogP contribution in [0.1, 0.15) is 32.6 Å². The molecule has 4 nitrogen and oxygen atoms in total. The molecule has 0 atom stereocenters. The fourth-order valence-corrected chi connectivity index (χ4v) is 1.80. The van der Waals surface area contributed by atoms with Gasteiger partial charge in [-0.15, -0.1) is 0 Å². The van der Waals surface area contributed by atoms with Crippen molar-refractivity contribution in [1.29, 1.82) is 0 Å². The highest BCUT2D eigenvalue weighted by molar-refractivity contribution is 5.75. The van der Waals surface area contributed by atoms with Gasteiger partial charge >= 0.3 is 0 Å². The van der Waals surface area contributed by atoms with E-state index in [2.05, 4.69) is 17.1 Å². The summed E-state index contributed by atoms with van der Waals surface area (Å²) < 4.78 is 5.26. The van der Waals surface area contributed by atoms with Crippen molar-refractivity contribution in [2.45, 2.75) is 32.6 Å². The van der Waals surface area contributed by atoms with E-state index in [1.807, 2.05) is 0 Å². The van der Waals surface area contributed by atoms with Gasteiger partial charge in [0.15, 0.2) is 0 Å². The second-order valence-electron chi connectivity index (χ2n) is 4.26. The van der Waals surface area contributed by atoms with Gasteiger partial charge < -0.3 is 10.1 Å². The SMILES string of the molecule is CCCCCC(=O)NCCN1CCOCC1. The molecule has 94 valence electrons. The van der Waals surface area contributed by atoms with Crippen LogP contribution < -0.4 is 5.32 Å². The number of amides is 1. The van der Waals surface area contributed by atoms with Crippen molar-refractivity contribution in [2.24, 2.45) is 0 Å². The topological polar surface area (TPSA) is 41.6 Å². The lowest BCUT2D eigenvalue weighted by atomic mass is 10.2. The first-order valence-corrected chi connectivity index (χ1v) is 6.39. The molecule has 0 spiro atoms. The van der Waals surface area contributed by atoms with Gasteiger partial charge in [-0.2, -0.15) is 0 Å². The lowest BCUT2D eigenvalue weighted by Gasteiger charge is -2.26. The van der Waals surface area contributed by atoms with Gasteiger partial charge in [-0.25, -0.2) is 0 Å². The molecule has 1 rings (SSSR count). The smallest absolute Gasteiger partial charge is 0.220 e. The van der Waals surface area contributed by atoms with Crippen LogP contribution in [0, 0.1) is 0 Å². The van der Waals surface area contributed by atoms with E-state index in [-0.39, 0.29) is 5.91 Å². The predicted molar refractivity (Wildman–Crippen MR) is 64.4 cm³/mol. The summed E-state index contributed by atoms with van der Waals surface area (Å²) in [6.07, 6.45) is 4.01. The Balaban J connectivity index is 1.94. The quantitative estimate of drug-likeness (QED) is 0.661. The summed E-state index contributed by atoms with van der Waals surface area (Å²) in [6.45, 7) is 7.50. The van der Waals surface area contributed by atoms with Crippen LogP contribution in [0.15, 0.2) is 0 Å². The predicted octanol–water partition coefficient (Wildman–Crippen LogP) is 1.02. The molecule has 1 aliphatic heterocycles. The summed E-state index contributed by atoms with van der Waals surface area (Å²) in [5, 5.41) is 2.97. The molecule has 0 saturated carbocycles. The second-order valence-corrected chi connectivity index (χ2v) is 4.26. The molecule has 0 aliphatic carbocycles. The first-order valence-electron chi connectivity index (χ1n) is 6.39. The zero-order chi connectivity index (χ0) is 11.6. The number of nitrogens with one attached hydrogen (secondary N) is 1. The Bertz CT molecular complexity index is 191. The van der Waals surface area contributed by atoms with Crippen LogP contribution in [-0.4, -0.2) is 50.2 Å². The number of carbonyl (C=O) groups is 1. The zero-order valence-corrected chi connectivity index (χ0v) is 10.3. The van der Waals surface area contributed by atoms with Gasteiger partial charge in [0.25, 0.3) is 0 Å².